The molecule has 104 valence electrons. The minimum atomic E-state index is -0.472. The monoisotopic (exact) mass is 298 g/mol. The molecule has 3 rings (SSSR count). The van der Waals surface area contributed by atoms with E-state index in [1.165, 1.54) is 5.75 Å². The van der Waals surface area contributed by atoms with Crippen LogP contribution >= 0.6 is 23.4 Å². The second kappa shape index (κ2) is 5.65. The zero-order valence-corrected chi connectivity index (χ0v) is 12.4. The molecule has 4 heteroatoms. The Morgan fingerprint density at radius 3 is 3.00 bits per heavy atom. The van der Waals surface area contributed by atoms with Crippen molar-refractivity contribution in [2.45, 2.75) is 31.0 Å². The van der Waals surface area contributed by atoms with Crippen LogP contribution in [0.25, 0.3) is 0 Å². The van der Waals surface area contributed by atoms with Gasteiger partial charge in [-0.05, 0) is 42.6 Å². The van der Waals surface area contributed by atoms with E-state index < -0.39 is 6.10 Å². The Balaban J connectivity index is 1.76. The summed E-state index contributed by atoms with van der Waals surface area (Å²) < 4.78 is 6.01. The fourth-order valence-corrected chi connectivity index (χ4v) is 4.79. The van der Waals surface area contributed by atoms with Gasteiger partial charge in [0.05, 0.1) is 11.7 Å². The molecule has 2 nitrogen and oxygen atoms in total. The molecular weight excluding hydrogens is 280 g/mol. The van der Waals surface area contributed by atoms with Crippen molar-refractivity contribution in [3.63, 3.8) is 0 Å². The standard InChI is InChI=1S/C15H19ClO2S/c16-13-4-2-1-3-12(13)14(17)11-5-7-18-15(9-11)6-8-19-10-15/h1-4,11,14,17H,5-10H2. The van der Waals surface area contributed by atoms with E-state index >= 15 is 0 Å². The maximum Gasteiger partial charge on any atom is 0.0834 e. The first kappa shape index (κ1) is 13.7. The molecule has 0 saturated carbocycles. The molecule has 1 aromatic carbocycles. The van der Waals surface area contributed by atoms with Crippen LogP contribution in [0, 0.1) is 5.92 Å². The maximum absolute atomic E-state index is 10.6. The van der Waals surface area contributed by atoms with Gasteiger partial charge in [-0.15, -0.1) is 0 Å². The van der Waals surface area contributed by atoms with Gasteiger partial charge in [0.25, 0.3) is 0 Å². The number of thioether (sulfide) groups is 1. The molecule has 2 saturated heterocycles. The summed E-state index contributed by atoms with van der Waals surface area (Å²) in [6, 6.07) is 7.61. The third-order valence-corrected chi connectivity index (χ3v) is 5.84. The first-order valence-corrected chi connectivity index (χ1v) is 8.38. The molecule has 1 aromatic rings. The molecule has 2 fully saturated rings. The zero-order chi connectivity index (χ0) is 13.3. The van der Waals surface area contributed by atoms with Gasteiger partial charge in [-0.25, -0.2) is 0 Å². The number of hydrogen-bond donors (Lipinski definition) is 1. The highest BCUT2D eigenvalue weighted by molar-refractivity contribution is 7.99. The summed E-state index contributed by atoms with van der Waals surface area (Å²) in [6.07, 6.45) is 2.51. The van der Waals surface area contributed by atoms with Crippen LogP contribution in [0.2, 0.25) is 5.02 Å². The Labute approximate surface area is 123 Å². The minimum Gasteiger partial charge on any atom is -0.388 e. The summed E-state index contributed by atoms with van der Waals surface area (Å²) in [5.74, 6) is 2.50. The fourth-order valence-electron chi connectivity index (χ4n) is 3.17. The highest BCUT2D eigenvalue weighted by atomic mass is 35.5. The van der Waals surface area contributed by atoms with Gasteiger partial charge in [0.1, 0.15) is 0 Å². The predicted molar refractivity (Wildman–Crippen MR) is 79.8 cm³/mol. The Morgan fingerprint density at radius 1 is 1.42 bits per heavy atom. The molecule has 0 aromatic heterocycles. The Hall–Kier alpha value is -0.220. The molecule has 19 heavy (non-hydrogen) atoms. The molecule has 0 bridgehead atoms. The van der Waals surface area contributed by atoms with E-state index in [1.807, 2.05) is 36.0 Å². The lowest BCUT2D eigenvalue weighted by molar-refractivity contribution is -0.102. The Morgan fingerprint density at radius 2 is 2.26 bits per heavy atom. The molecule has 2 aliphatic heterocycles. The van der Waals surface area contributed by atoms with Crippen molar-refractivity contribution in [2.75, 3.05) is 18.1 Å². The van der Waals surface area contributed by atoms with Gasteiger partial charge in [-0.2, -0.15) is 11.8 Å². The van der Waals surface area contributed by atoms with Gasteiger partial charge in [0.15, 0.2) is 0 Å². The van der Waals surface area contributed by atoms with Crippen LogP contribution in [-0.4, -0.2) is 28.8 Å². The second-order valence-electron chi connectivity index (χ2n) is 5.55. The molecule has 1 N–H and O–H groups in total. The maximum atomic E-state index is 10.6. The summed E-state index contributed by atoms with van der Waals surface area (Å²) in [5.41, 5.74) is 0.868. The van der Waals surface area contributed by atoms with Crippen molar-refractivity contribution in [3.05, 3.63) is 34.9 Å². The lowest BCUT2D eigenvalue weighted by atomic mass is 9.80. The van der Waals surface area contributed by atoms with Gasteiger partial charge in [-0.1, -0.05) is 29.8 Å². The third kappa shape index (κ3) is 2.80. The van der Waals surface area contributed by atoms with Gasteiger partial charge in [0, 0.05) is 17.4 Å². The SMILES string of the molecule is OC(c1ccccc1Cl)C1CCOC2(CCSC2)C1. The van der Waals surface area contributed by atoms with Crippen molar-refractivity contribution >= 4 is 23.4 Å². The normalized spacial score (nSPS) is 32.6. The molecule has 2 aliphatic rings. The minimum absolute atomic E-state index is 0.00974. The van der Waals surface area contributed by atoms with Crippen LogP contribution in [0.15, 0.2) is 24.3 Å². The van der Waals surface area contributed by atoms with E-state index in [1.54, 1.807) is 0 Å². The Kier molecular flexibility index (Phi) is 4.08. The van der Waals surface area contributed by atoms with E-state index in [-0.39, 0.29) is 11.5 Å². The first-order chi connectivity index (χ1) is 9.20. The van der Waals surface area contributed by atoms with Crippen molar-refractivity contribution in [2.24, 2.45) is 5.92 Å². The predicted octanol–water partition coefficient (Wildman–Crippen LogP) is 3.68. The number of aliphatic hydroxyl groups is 1. The van der Waals surface area contributed by atoms with E-state index in [9.17, 15) is 5.11 Å². The van der Waals surface area contributed by atoms with Crippen molar-refractivity contribution < 1.29 is 9.84 Å². The highest BCUT2D eigenvalue weighted by Crippen LogP contribution is 2.44. The third-order valence-electron chi connectivity index (χ3n) is 4.27. The summed E-state index contributed by atoms with van der Waals surface area (Å²) in [4.78, 5) is 0. The van der Waals surface area contributed by atoms with Crippen molar-refractivity contribution in [1.29, 1.82) is 0 Å². The fraction of sp³-hybridized carbons (Fsp3) is 0.600. The van der Waals surface area contributed by atoms with E-state index in [0.717, 1.165) is 37.2 Å². The molecule has 1 spiro atoms. The zero-order valence-electron chi connectivity index (χ0n) is 10.8. The molecule has 0 radical (unpaired) electrons. The molecular formula is C15H19ClO2S. The van der Waals surface area contributed by atoms with E-state index in [0.29, 0.717) is 5.02 Å². The quantitative estimate of drug-likeness (QED) is 0.903. The average Bonchev–Trinajstić information content (AvgIpc) is 2.86. The lowest BCUT2D eigenvalue weighted by Crippen LogP contribution is -2.41. The van der Waals surface area contributed by atoms with Crippen LogP contribution in [0.4, 0.5) is 0 Å². The van der Waals surface area contributed by atoms with Crippen LogP contribution in [-0.2, 0) is 4.74 Å². The average molecular weight is 299 g/mol. The van der Waals surface area contributed by atoms with Gasteiger partial charge < -0.3 is 9.84 Å². The van der Waals surface area contributed by atoms with Crippen molar-refractivity contribution in [3.8, 4) is 0 Å². The number of halogens is 1. The smallest absolute Gasteiger partial charge is 0.0834 e. The Bertz CT molecular complexity index is 446. The first-order valence-electron chi connectivity index (χ1n) is 6.84. The number of rotatable bonds is 2. The summed E-state index contributed by atoms with van der Waals surface area (Å²) in [5, 5.41) is 11.3. The number of benzene rings is 1. The van der Waals surface area contributed by atoms with E-state index in [2.05, 4.69) is 0 Å². The number of ether oxygens (including phenoxy) is 1. The van der Waals surface area contributed by atoms with Crippen molar-refractivity contribution in [1.82, 2.24) is 0 Å². The van der Waals surface area contributed by atoms with E-state index in [4.69, 9.17) is 16.3 Å². The van der Waals surface area contributed by atoms with Crippen LogP contribution < -0.4 is 0 Å². The molecule has 3 atom stereocenters. The van der Waals surface area contributed by atoms with Crippen LogP contribution in [0.3, 0.4) is 0 Å². The van der Waals surface area contributed by atoms with Crippen LogP contribution in [0.5, 0.6) is 0 Å². The largest absolute Gasteiger partial charge is 0.388 e. The number of hydrogen-bond acceptors (Lipinski definition) is 3. The summed E-state index contributed by atoms with van der Waals surface area (Å²) >= 11 is 8.15. The van der Waals surface area contributed by atoms with Gasteiger partial charge >= 0.3 is 0 Å². The topological polar surface area (TPSA) is 29.5 Å². The second-order valence-corrected chi connectivity index (χ2v) is 7.07. The van der Waals surface area contributed by atoms with Gasteiger partial charge in [0.2, 0.25) is 0 Å². The molecule has 0 amide bonds. The number of aliphatic hydroxyl groups excluding tert-OH is 1. The highest BCUT2D eigenvalue weighted by Gasteiger charge is 2.42. The summed E-state index contributed by atoms with van der Waals surface area (Å²) in [6.45, 7) is 0.757. The molecule has 3 unspecified atom stereocenters. The molecule has 0 aliphatic carbocycles. The molecule has 2 heterocycles. The van der Waals surface area contributed by atoms with Crippen LogP contribution in [0.1, 0.15) is 30.9 Å². The van der Waals surface area contributed by atoms with Gasteiger partial charge in [-0.3, -0.25) is 0 Å². The summed E-state index contributed by atoms with van der Waals surface area (Å²) in [7, 11) is 0. The lowest BCUT2D eigenvalue weighted by Gasteiger charge is -2.39.